The highest BCUT2D eigenvalue weighted by Crippen LogP contribution is 2.81. The fraction of sp³-hybridized carbons (Fsp3) is 0.600. The highest BCUT2D eigenvalue weighted by Gasteiger charge is 2.96. The fourth-order valence-corrected chi connectivity index (χ4v) is 2.96. The minimum atomic E-state index is -1.47. The van der Waals surface area contributed by atoms with Gasteiger partial charge in [-0.05, 0) is 6.42 Å². The second-order valence-corrected chi connectivity index (χ2v) is 4.19. The zero-order valence-corrected chi connectivity index (χ0v) is 8.42. The number of carbonyl (C=O) groups is 2. The van der Waals surface area contributed by atoms with Crippen LogP contribution in [0.1, 0.15) is 20.3 Å². The first-order chi connectivity index (χ1) is 6.98. The van der Waals surface area contributed by atoms with E-state index >= 15 is 0 Å². The molecular formula is C10H9N3O2. The number of imide groups is 1. The summed E-state index contributed by atoms with van der Waals surface area (Å²) in [6, 6.07) is 3.74. The Morgan fingerprint density at radius 3 is 1.80 bits per heavy atom. The van der Waals surface area contributed by atoms with Crippen LogP contribution in [0.3, 0.4) is 0 Å². The second kappa shape index (κ2) is 2.20. The van der Waals surface area contributed by atoms with Crippen LogP contribution in [0.5, 0.6) is 0 Å². The number of hydrogen-bond acceptors (Lipinski definition) is 4. The van der Waals surface area contributed by atoms with E-state index in [1.807, 2.05) is 12.1 Å². The summed E-state index contributed by atoms with van der Waals surface area (Å²) in [7, 11) is 0. The van der Waals surface area contributed by atoms with Crippen LogP contribution in [0.25, 0.3) is 0 Å². The lowest BCUT2D eigenvalue weighted by Gasteiger charge is -2.14. The summed E-state index contributed by atoms with van der Waals surface area (Å²) >= 11 is 0. The van der Waals surface area contributed by atoms with Crippen molar-refractivity contribution in [3.63, 3.8) is 0 Å². The Morgan fingerprint density at radius 2 is 1.60 bits per heavy atom. The molecule has 2 fully saturated rings. The maximum atomic E-state index is 11.6. The fourth-order valence-electron chi connectivity index (χ4n) is 2.96. The topological polar surface area (TPSA) is 93.8 Å². The van der Waals surface area contributed by atoms with Gasteiger partial charge in [-0.25, -0.2) is 0 Å². The van der Waals surface area contributed by atoms with Gasteiger partial charge >= 0.3 is 0 Å². The number of hydrogen-bond donors (Lipinski definition) is 1. The third kappa shape index (κ3) is 0.536. The van der Waals surface area contributed by atoms with Crippen LogP contribution in [0.2, 0.25) is 0 Å². The maximum Gasteiger partial charge on any atom is 0.249 e. The van der Waals surface area contributed by atoms with E-state index in [0.29, 0.717) is 6.42 Å². The van der Waals surface area contributed by atoms with Crippen LogP contribution in [0.4, 0.5) is 0 Å². The molecule has 0 aromatic carbocycles. The van der Waals surface area contributed by atoms with E-state index in [1.165, 1.54) is 0 Å². The van der Waals surface area contributed by atoms with Crippen LogP contribution >= 0.6 is 0 Å². The molecule has 2 atom stereocenters. The lowest BCUT2D eigenvalue weighted by atomic mass is 9.91. The van der Waals surface area contributed by atoms with E-state index in [4.69, 9.17) is 10.5 Å². The van der Waals surface area contributed by atoms with Crippen molar-refractivity contribution >= 4 is 11.8 Å². The Hall–Kier alpha value is -1.88. The Kier molecular flexibility index (Phi) is 1.42. The predicted octanol–water partition coefficient (Wildman–Crippen LogP) is 0.0927. The van der Waals surface area contributed by atoms with E-state index in [9.17, 15) is 9.59 Å². The second-order valence-electron chi connectivity index (χ2n) is 4.19. The summed E-state index contributed by atoms with van der Waals surface area (Å²) in [6.07, 6.45) is 0.452. The third-order valence-corrected chi connectivity index (χ3v) is 4.11. The van der Waals surface area contributed by atoms with Crippen LogP contribution in [0, 0.1) is 38.9 Å². The van der Waals surface area contributed by atoms with Crippen molar-refractivity contribution in [3.05, 3.63) is 0 Å². The van der Waals surface area contributed by atoms with Gasteiger partial charge in [0.05, 0.1) is 12.1 Å². The molecule has 1 aliphatic heterocycles. The van der Waals surface area contributed by atoms with E-state index in [2.05, 4.69) is 5.32 Å². The van der Waals surface area contributed by atoms with Crippen molar-refractivity contribution < 1.29 is 9.59 Å². The molecule has 2 rings (SSSR count). The lowest BCUT2D eigenvalue weighted by molar-refractivity contribution is -0.130. The largest absolute Gasteiger partial charge is 0.293 e. The molecule has 15 heavy (non-hydrogen) atoms. The SMILES string of the molecule is CCC1(C)C2(C#N)C(=O)NC(=O)C12C#N. The van der Waals surface area contributed by atoms with Gasteiger partial charge in [0, 0.05) is 5.41 Å². The molecule has 0 aromatic heterocycles. The minimum Gasteiger partial charge on any atom is -0.293 e. The third-order valence-electron chi connectivity index (χ3n) is 4.11. The summed E-state index contributed by atoms with van der Waals surface area (Å²) in [5, 5.41) is 20.3. The van der Waals surface area contributed by atoms with E-state index in [0.717, 1.165) is 0 Å². The standard InChI is InChI=1S/C10H9N3O2/c1-3-8(2)9(4-11)6(14)13-7(15)10(8,9)5-12/h3H2,1-2H3,(H,13,14,15). The number of rotatable bonds is 1. The number of fused-ring (bicyclic) bond motifs is 1. The summed E-state index contributed by atoms with van der Waals surface area (Å²) in [6.45, 7) is 3.42. The average molecular weight is 203 g/mol. The molecule has 0 aromatic rings. The molecule has 1 aliphatic carbocycles. The Morgan fingerprint density at radius 1 is 1.20 bits per heavy atom. The number of carbonyl (C=O) groups excluding carboxylic acids is 2. The van der Waals surface area contributed by atoms with E-state index in [1.54, 1.807) is 13.8 Å². The molecule has 76 valence electrons. The molecular weight excluding hydrogens is 194 g/mol. The summed E-state index contributed by atoms with van der Waals surface area (Å²) in [4.78, 5) is 23.2. The zero-order valence-electron chi connectivity index (χ0n) is 8.42. The number of amides is 2. The van der Waals surface area contributed by atoms with Gasteiger partial charge in [0.1, 0.15) is 0 Å². The van der Waals surface area contributed by atoms with E-state index < -0.39 is 28.1 Å². The first-order valence-electron chi connectivity index (χ1n) is 4.67. The van der Waals surface area contributed by atoms with Gasteiger partial charge in [0.2, 0.25) is 11.8 Å². The van der Waals surface area contributed by atoms with Gasteiger partial charge < -0.3 is 0 Å². The minimum absolute atomic E-state index is 0.452. The zero-order chi connectivity index (χ0) is 11.5. The van der Waals surface area contributed by atoms with Gasteiger partial charge in [-0.3, -0.25) is 14.9 Å². The quantitative estimate of drug-likeness (QED) is 0.611. The molecule has 1 N–H and O–H groups in total. The first kappa shape index (κ1) is 9.67. The molecule has 0 radical (unpaired) electrons. The molecule has 2 unspecified atom stereocenters. The Bertz CT molecular complexity index is 432. The van der Waals surface area contributed by atoms with Gasteiger partial charge in [-0.1, -0.05) is 13.8 Å². The summed E-state index contributed by atoms with van der Waals surface area (Å²) in [5.41, 5.74) is -3.79. The molecule has 0 bridgehead atoms. The lowest BCUT2D eigenvalue weighted by Crippen LogP contribution is -2.36. The number of piperidine rings is 1. The predicted molar refractivity (Wildman–Crippen MR) is 47.6 cm³/mol. The monoisotopic (exact) mass is 203 g/mol. The van der Waals surface area contributed by atoms with Crippen molar-refractivity contribution in [2.75, 3.05) is 0 Å². The van der Waals surface area contributed by atoms with Gasteiger partial charge in [0.25, 0.3) is 0 Å². The van der Waals surface area contributed by atoms with Crippen molar-refractivity contribution in [1.29, 1.82) is 10.5 Å². The molecule has 5 nitrogen and oxygen atoms in total. The summed E-state index contributed by atoms with van der Waals surface area (Å²) < 4.78 is 0. The highest BCUT2D eigenvalue weighted by molar-refractivity contribution is 6.19. The molecule has 1 saturated heterocycles. The smallest absolute Gasteiger partial charge is 0.249 e. The van der Waals surface area contributed by atoms with Crippen molar-refractivity contribution in [3.8, 4) is 12.1 Å². The molecule has 5 heteroatoms. The molecule has 2 aliphatic rings. The van der Waals surface area contributed by atoms with Crippen LogP contribution < -0.4 is 5.32 Å². The normalized spacial score (nSPS) is 46.4. The Labute approximate surface area is 86.7 Å². The van der Waals surface area contributed by atoms with Crippen LogP contribution in [-0.4, -0.2) is 11.8 Å². The van der Waals surface area contributed by atoms with Crippen LogP contribution in [-0.2, 0) is 9.59 Å². The van der Waals surface area contributed by atoms with Crippen molar-refractivity contribution in [2.45, 2.75) is 20.3 Å². The molecule has 2 amide bonds. The average Bonchev–Trinajstić information content (AvgIpc) is 2.62. The molecule has 1 heterocycles. The van der Waals surface area contributed by atoms with Crippen LogP contribution in [0.15, 0.2) is 0 Å². The highest BCUT2D eigenvalue weighted by atomic mass is 16.2. The van der Waals surface area contributed by atoms with E-state index in [-0.39, 0.29) is 0 Å². The molecule has 0 spiro atoms. The number of nitrogens with one attached hydrogen (secondary N) is 1. The maximum absolute atomic E-state index is 11.6. The van der Waals surface area contributed by atoms with Gasteiger partial charge in [0.15, 0.2) is 10.8 Å². The summed E-state index contributed by atoms with van der Waals surface area (Å²) in [5.74, 6) is -1.25. The van der Waals surface area contributed by atoms with Gasteiger partial charge in [-0.15, -0.1) is 0 Å². The number of nitriles is 2. The molecule has 1 saturated carbocycles. The van der Waals surface area contributed by atoms with Gasteiger partial charge in [-0.2, -0.15) is 10.5 Å². The Balaban J connectivity index is 2.73. The first-order valence-corrected chi connectivity index (χ1v) is 4.67. The van der Waals surface area contributed by atoms with Crippen molar-refractivity contribution in [1.82, 2.24) is 5.32 Å². The van der Waals surface area contributed by atoms with Crippen molar-refractivity contribution in [2.24, 2.45) is 16.2 Å². The number of nitrogens with zero attached hydrogens (tertiary/aromatic N) is 2.